The third kappa shape index (κ3) is 5.61. The summed E-state index contributed by atoms with van der Waals surface area (Å²) in [5.74, 6) is 1.79. The fourth-order valence-electron chi connectivity index (χ4n) is 2.96. The molecule has 3 aromatic carbocycles. The second kappa shape index (κ2) is 9.78. The lowest BCUT2D eigenvalue weighted by Gasteiger charge is -2.14. The van der Waals surface area contributed by atoms with E-state index in [-0.39, 0.29) is 5.91 Å². The minimum atomic E-state index is -0.161. The molecule has 0 aliphatic rings. The number of nitrogens with one attached hydrogen (secondary N) is 1. The van der Waals surface area contributed by atoms with Crippen LogP contribution in [0.4, 0.5) is 5.69 Å². The molecule has 1 amide bonds. The first-order valence-electron chi connectivity index (χ1n) is 9.91. The van der Waals surface area contributed by atoms with Crippen molar-refractivity contribution < 1.29 is 14.3 Å². The Morgan fingerprint density at radius 2 is 1.66 bits per heavy atom. The highest BCUT2D eigenvalue weighted by Crippen LogP contribution is 2.24. The van der Waals surface area contributed by atoms with Crippen LogP contribution in [0.5, 0.6) is 11.5 Å². The van der Waals surface area contributed by atoms with E-state index >= 15 is 0 Å². The molecular weight excluding hydrogens is 362 g/mol. The average molecular weight is 389 g/mol. The molecule has 0 atom stereocenters. The largest absolute Gasteiger partial charge is 0.493 e. The molecule has 0 bridgehead atoms. The Bertz CT molecular complexity index is 934. The van der Waals surface area contributed by atoms with E-state index in [0.717, 1.165) is 22.7 Å². The molecular formula is C25H27NO3. The number of hydrogen-bond donors (Lipinski definition) is 1. The fraction of sp³-hybridized carbons (Fsp3) is 0.240. The van der Waals surface area contributed by atoms with Crippen LogP contribution in [0.1, 0.15) is 48.2 Å². The number of para-hydroxylation sites is 1. The van der Waals surface area contributed by atoms with Crippen LogP contribution in [-0.2, 0) is 6.61 Å². The van der Waals surface area contributed by atoms with E-state index in [1.165, 1.54) is 5.56 Å². The van der Waals surface area contributed by atoms with Gasteiger partial charge in [-0.25, -0.2) is 0 Å². The zero-order valence-electron chi connectivity index (χ0n) is 17.1. The Labute approximate surface area is 172 Å². The van der Waals surface area contributed by atoms with Crippen LogP contribution in [0, 0.1) is 0 Å². The second-order valence-corrected chi connectivity index (χ2v) is 7.09. The van der Waals surface area contributed by atoms with Crippen molar-refractivity contribution in [3.05, 3.63) is 89.5 Å². The van der Waals surface area contributed by atoms with Gasteiger partial charge in [0.1, 0.15) is 18.1 Å². The van der Waals surface area contributed by atoms with E-state index in [2.05, 4.69) is 19.2 Å². The van der Waals surface area contributed by atoms with Crippen molar-refractivity contribution in [2.45, 2.75) is 33.3 Å². The van der Waals surface area contributed by atoms with Gasteiger partial charge in [-0.1, -0.05) is 44.2 Å². The standard InChI is InChI=1S/C25H27NO3/c1-4-28-24-15-12-20(16-21(24)17-29-23-8-6-5-7-9-23)25(27)26-22-13-10-19(11-14-22)18(2)3/h5-16,18H,4,17H2,1-3H3,(H,26,27). The number of rotatable bonds is 8. The summed E-state index contributed by atoms with van der Waals surface area (Å²) in [6, 6.07) is 23.0. The van der Waals surface area contributed by atoms with Gasteiger partial charge in [-0.15, -0.1) is 0 Å². The topological polar surface area (TPSA) is 47.6 Å². The molecule has 0 heterocycles. The number of ether oxygens (including phenoxy) is 2. The predicted octanol–water partition coefficient (Wildman–Crippen LogP) is 6.04. The highest BCUT2D eigenvalue weighted by molar-refractivity contribution is 6.04. The molecule has 0 saturated heterocycles. The van der Waals surface area contributed by atoms with Gasteiger partial charge < -0.3 is 14.8 Å². The summed E-state index contributed by atoms with van der Waals surface area (Å²) in [5, 5.41) is 2.96. The van der Waals surface area contributed by atoms with Gasteiger partial charge in [0.2, 0.25) is 0 Å². The van der Waals surface area contributed by atoms with Crippen LogP contribution in [0.15, 0.2) is 72.8 Å². The first kappa shape index (κ1) is 20.5. The Morgan fingerprint density at radius 1 is 0.931 bits per heavy atom. The molecule has 150 valence electrons. The maximum absolute atomic E-state index is 12.7. The van der Waals surface area contributed by atoms with E-state index in [9.17, 15) is 4.79 Å². The molecule has 0 unspecified atom stereocenters. The van der Waals surface area contributed by atoms with Crippen LogP contribution < -0.4 is 14.8 Å². The number of carbonyl (C=O) groups is 1. The van der Waals surface area contributed by atoms with E-state index in [0.29, 0.717) is 24.7 Å². The van der Waals surface area contributed by atoms with E-state index in [1.54, 1.807) is 6.07 Å². The van der Waals surface area contributed by atoms with E-state index in [1.807, 2.05) is 73.7 Å². The van der Waals surface area contributed by atoms with E-state index in [4.69, 9.17) is 9.47 Å². The van der Waals surface area contributed by atoms with Crippen molar-refractivity contribution in [2.24, 2.45) is 0 Å². The smallest absolute Gasteiger partial charge is 0.255 e. The number of hydrogen-bond acceptors (Lipinski definition) is 3. The third-order valence-corrected chi connectivity index (χ3v) is 4.60. The highest BCUT2D eigenvalue weighted by atomic mass is 16.5. The van der Waals surface area contributed by atoms with Crippen LogP contribution in [0.3, 0.4) is 0 Å². The molecule has 0 fully saturated rings. The number of carbonyl (C=O) groups excluding carboxylic acids is 1. The molecule has 3 aromatic rings. The van der Waals surface area contributed by atoms with Gasteiger partial charge >= 0.3 is 0 Å². The molecule has 29 heavy (non-hydrogen) atoms. The summed E-state index contributed by atoms with van der Waals surface area (Å²) in [7, 11) is 0. The lowest BCUT2D eigenvalue weighted by atomic mass is 10.0. The summed E-state index contributed by atoms with van der Waals surface area (Å²) >= 11 is 0. The van der Waals surface area contributed by atoms with E-state index < -0.39 is 0 Å². The quantitative estimate of drug-likeness (QED) is 0.511. The summed E-state index contributed by atoms with van der Waals surface area (Å²) in [6.07, 6.45) is 0. The Kier molecular flexibility index (Phi) is 6.90. The third-order valence-electron chi connectivity index (χ3n) is 4.60. The average Bonchev–Trinajstić information content (AvgIpc) is 2.74. The minimum Gasteiger partial charge on any atom is -0.493 e. The molecule has 0 spiro atoms. The maximum Gasteiger partial charge on any atom is 0.255 e. The molecule has 4 heteroatoms. The molecule has 3 rings (SSSR count). The monoisotopic (exact) mass is 389 g/mol. The van der Waals surface area contributed by atoms with Crippen LogP contribution in [-0.4, -0.2) is 12.5 Å². The molecule has 1 N–H and O–H groups in total. The molecule has 4 nitrogen and oxygen atoms in total. The number of amides is 1. The molecule has 0 radical (unpaired) electrons. The second-order valence-electron chi connectivity index (χ2n) is 7.09. The lowest BCUT2D eigenvalue weighted by molar-refractivity contribution is 0.102. The molecule has 0 aliphatic carbocycles. The Morgan fingerprint density at radius 3 is 2.31 bits per heavy atom. The van der Waals surface area contributed by atoms with Gasteiger partial charge in [0.15, 0.2) is 0 Å². The first-order chi connectivity index (χ1) is 14.1. The summed E-state index contributed by atoms with van der Waals surface area (Å²) < 4.78 is 11.6. The van der Waals surface area contributed by atoms with Crippen molar-refractivity contribution in [1.29, 1.82) is 0 Å². The maximum atomic E-state index is 12.7. The summed E-state index contributed by atoms with van der Waals surface area (Å²) in [6.45, 7) is 7.10. The van der Waals surface area contributed by atoms with Gasteiger partial charge in [-0.2, -0.15) is 0 Å². The highest BCUT2D eigenvalue weighted by Gasteiger charge is 2.12. The van der Waals surface area contributed by atoms with Gasteiger partial charge in [-0.05, 0) is 60.9 Å². The van der Waals surface area contributed by atoms with Gasteiger partial charge in [0, 0.05) is 16.8 Å². The zero-order chi connectivity index (χ0) is 20.6. The van der Waals surface area contributed by atoms with Crippen molar-refractivity contribution in [3.63, 3.8) is 0 Å². The Hall–Kier alpha value is -3.27. The lowest BCUT2D eigenvalue weighted by Crippen LogP contribution is -2.13. The van der Waals surface area contributed by atoms with Gasteiger partial charge in [0.05, 0.1) is 6.61 Å². The molecule has 0 saturated carbocycles. The van der Waals surface area contributed by atoms with Crippen LogP contribution in [0.25, 0.3) is 0 Å². The van der Waals surface area contributed by atoms with Crippen molar-refractivity contribution in [2.75, 3.05) is 11.9 Å². The predicted molar refractivity (Wildman–Crippen MR) is 117 cm³/mol. The fourth-order valence-corrected chi connectivity index (χ4v) is 2.96. The van der Waals surface area contributed by atoms with Gasteiger partial charge in [0.25, 0.3) is 5.91 Å². The molecule has 0 aliphatic heterocycles. The summed E-state index contributed by atoms with van der Waals surface area (Å²) in [5.41, 5.74) is 3.41. The van der Waals surface area contributed by atoms with Crippen molar-refractivity contribution in [1.82, 2.24) is 0 Å². The van der Waals surface area contributed by atoms with Gasteiger partial charge in [-0.3, -0.25) is 4.79 Å². The summed E-state index contributed by atoms with van der Waals surface area (Å²) in [4.78, 5) is 12.7. The number of anilines is 1. The van der Waals surface area contributed by atoms with Crippen LogP contribution in [0.2, 0.25) is 0 Å². The molecule has 0 aromatic heterocycles. The Balaban J connectivity index is 1.74. The number of benzene rings is 3. The normalized spacial score (nSPS) is 10.6. The van der Waals surface area contributed by atoms with Crippen molar-refractivity contribution >= 4 is 11.6 Å². The SMILES string of the molecule is CCOc1ccc(C(=O)Nc2ccc(C(C)C)cc2)cc1COc1ccccc1. The minimum absolute atomic E-state index is 0.161. The first-order valence-corrected chi connectivity index (χ1v) is 9.91. The zero-order valence-corrected chi connectivity index (χ0v) is 17.1. The van der Waals surface area contributed by atoms with Crippen molar-refractivity contribution in [3.8, 4) is 11.5 Å². The van der Waals surface area contributed by atoms with Crippen LogP contribution >= 0.6 is 0 Å².